The molecule has 0 spiro atoms. The predicted molar refractivity (Wildman–Crippen MR) is 91.4 cm³/mol. The van der Waals surface area contributed by atoms with Crippen LogP contribution in [0.15, 0.2) is 24.3 Å². The van der Waals surface area contributed by atoms with Crippen molar-refractivity contribution >= 4 is 14.3 Å². The van der Waals surface area contributed by atoms with Crippen molar-refractivity contribution in [2.24, 2.45) is 0 Å². The lowest BCUT2D eigenvalue weighted by atomic mass is 9.98. The van der Waals surface area contributed by atoms with Gasteiger partial charge in [-0.1, -0.05) is 12.1 Å². The van der Waals surface area contributed by atoms with Crippen molar-refractivity contribution < 1.29 is 28.5 Å². The van der Waals surface area contributed by atoms with E-state index in [0.717, 1.165) is 11.3 Å². The van der Waals surface area contributed by atoms with Crippen LogP contribution in [0.1, 0.15) is 12.5 Å². The van der Waals surface area contributed by atoms with E-state index < -0.39 is 32.1 Å². The molecule has 0 unspecified atom stereocenters. The summed E-state index contributed by atoms with van der Waals surface area (Å²) in [5.74, 6) is 0.0814. The maximum atomic E-state index is 11.9. The molecule has 1 aliphatic rings. The predicted octanol–water partition coefficient (Wildman–Crippen LogP) is 2.11. The molecule has 1 aliphatic heterocycles. The third kappa shape index (κ3) is 4.57. The maximum Gasteiger partial charge on any atom is 0.341 e. The minimum Gasteiger partial charge on any atom is -0.497 e. The van der Waals surface area contributed by atoms with Gasteiger partial charge in [0.15, 0.2) is 20.0 Å². The summed E-state index contributed by atoms with van der Waals surface area (Å²) in [5, 5.41) is 10.4. The largest absolute Gasteiger partial charge is 0.497 e. The molecule has 1 heterocycles. The molecule has 0 radical (unpaired) electrons. The van der Waals surface area contributed by atoms with E-state index in [2.05, 4.69) is 19.6 Å². The molecule has 1 saturated heterocycles. The molecule has 0 amide bonds. The third-order valence-corrected chi connectivity index (χ3v) is 4.87. The molecule has 1 aromatic carbocycles. The summed E-state index contributed by atoms with van der Waals surface area (Å²) < 4.78 is 22.0. The number of aliphatic hydroxyl groups is 1. The second-order valence-electron chi connectivity index (χ2n) is 7.09. The first kappa shape index (κ1) is 18.9. The lowest BCUT2D eigenvalue weighted by Crippen LogP contribution is -2.46. The Kier molecular flexibility index (Phi) is 5.69. The smallest absolute Gasteiger partial charge is 0.341 e. The number of esters is 1. The number of benzene rings is 1. The normalized spacial score (nSPS) is 27.2. The highest BCUT2D eigenvalue weighted by Crippen LogP contribution is 2.30. The van der Waals surface area contributed by atoms with E-state index in [1.54, 1.807) is 7.11 Å². The SMILES string of the molecule is COc1ccc(CO[C@@H]2[C@@H](CO[Si](C)(C)C)OC(=O)[C@@]2(C)O)cc1. The molecule has 7 heteroatoms. The van der Waals surface area contributed by atoms with Gasteiger partial charge >= 0.3 is 5.97 Å². The van der Waals surface area contributed by atoms with Crippen LogP contribution in [0.4, 0.5) is 0 Å². The number of carbonyl (C=O) groups is 1. The van der Waals surface area contributed by atoms with Crippen molar-refractivity contribution in [2.45, 2.75) is 51.0 Å². The molecule has 24 heavy (non-hydrogen) atoms. The Morgan fingerprint density at radius 1 is 1.25 bits per heavy atom. The van der Waals surface area contributed by atoms with E-state index >= 15 is 0 Å². The van der Waals surface area contributed by atoms with Gasteiger partial charge in [0.25, 0.3) is 0 Å². The van der Waals surface area contributed by atoms with Gasteiger partial charge in [-0.15, -0.1) is 0 Å². The summed E-state index contributed by atoms with van der Waals surface area (Å²) in [6.45, 7) is 8.05. The Labute approximate surface area is 143 Å². The highest BCUT2D eigenvalue weighted by molar-refractivity contribution is 6.69. The first-order chi connectivity index (χ1) is 11.1. The number of hydrogen-bond acceptors (Lipinski definition) is 6. The van der Waals surface area contributed by atoms with E-state index in [9.17, 15) is 9.90 Å². The van der Waals surface area contributed by atoms with E-state index in [4.69, 9.17) is 18.6 Å². The zero-order valence-electron chi connectivity index (χ0n) is 14.9. The van der Waals surface area contributed by atoms with Gasteiger partial charge in [-0.05, 0) is 44.3 Å². The maximum absolute atomic E-state index is 11.9. The Hall–Kier alpha value is -1.41. The summed E-state index contributed by atoms with van der Waals surface area (Å²) in [7, 11) is -0.158. The topological polar surface area (TPSA) is 74.2 Å². The van der Waals surface area contributed by atoms with Crippen molar-refractivity contribution in [1.29, 1.82) is 0 Å². The number of methoxy groups -OCH3 is 1. The molecule has 134 valence electrons. The molecule has 0 saturated carbocycles. The van der Waals surface area contributed by atoms with Crippen molar-refractivity contribution in [3.63, 3.8) is 0 Å². The molecular weight excluding hydrogens is 328 g/mol. The van der Waals surface area contributed by atoms with Crippen LogP contribution in [0.25, 0.3) is 0 Å². The van der Waals surface area contributed by atoms with Crippen molar-refractivity contribution in [2.75, 3.05) is 13.7 Å². The van der Waals surface area contributed by atoms with E-state index in [1.807, 2.05) is 24.3 Å². The number of hydrogen-bond donors (Lipinski definition) is 1. The molecule has 1 N–H and O–H groups in total. The fourth-order valence-electron chi connectivity index (χ4n) is 2.43. The van der Waals surface area contributed by atoms with Crippen molar-refractivity contribution in [1.82, 2.24) is 0 Å². The van der Waals surface area contributed by atoms with Crippen LogP contribution in [-0.4, -0.2) is 50.9 Å². The number of ether oxygens (including phenoxy) is 3. The van der Waals surface area contributed by atoms with Crippen LogP contribution < -0.4 is 4.74 Å². The molecule has 6 nitrogen and oxygen atoms in total. The first-order valence-electron chi connectivity index (χ1n) is 7.95. The highest BCUT2D eigenvalue weighted by atomic mass is 28.4. The van der Waals surface area contributed by atoms with Crippen LogP contribution >= 0.6 is 0 Å². The average Bonchev–Trinajstić information content (AvgIpc) is 2.73. The van der Waals surface area contributed by atoms with Crippen LogP contribution in [-0.2, 0) is 25.3 Å². The van der Waals surface area contributed by atoms with Crippen molar-refractivity contribution in [3.05, 3.63) is 29.8 Å². The summed E-state index contributed by atoms with van der Waals surface area (Å²) >= 11 is 0. The van der Waals surface area contributed by atoms with Crippen LogP contribution in [0, 0.1) is 0 Å². The molecule has 3 atom stereocenters. The van der Waals surface area contributed by atoms with Gasteiger partial charge in [0.2, 0.25) is 0 Å². The molecule has 1 fully saturated rings. The van der Waals surface area contributed by atoms with Gasteiger partial charge < -0.3 is 23.7 Å². The average molecular weight is 354 g/mol. The van der Waals surface area contributed by atoms with Gasteiger partial charge in [0.05, 0.1) is 20.3 Å². The Morgan fingerprint density at radius 3 is 2.42 bits per heavy atom. The van der Waals surface area contributed by atoms with Crippen LogP contribution in [0.2, 0.25) is 19.6 Å². The highest BCUT2D eigenvalue weighted by Gasteiger charge is 2.54. The lowest BCUT2D eigenvalue weighted by Gasteiger charge is -2.26. The fourth-order valence-corrected chi connectivity index (χ4v) is 3.09. The Balaban J connectivity index is 2.03. The zero-order chi connectivity index (χ0) is 18.0. The van der Waals surface area contributed by atoms with E-state index in [1.165, 1.54) is 6.92 Å². The quantitative estimate of drug-likeness (QED) is 0.597. The first-order valence-corrected chi connectivity index (χ1v) is 11.4. The summed E-state index contributed by atoms with van der Waals surface area (Å²) in [6, 6.07) is 7.41. The molecule has 1 aromatic rings. The zero-order valence-corrected chi connectivity index (χ0v) is 15.9. The van der Waals surface area contributed by atoms with E-state index in [-0.39, 0.29) is 13.2 Å². The molecule has 2 rings (SSSR count). The standard InChI is InChI=1S/C17H26O6Si/c1-17(19)15(14(23-16(17)18)11-22-24(3,4)5)21-10-12-6-8-13(20-2)9-7-12/h6-9,14-15,19H,10-11H2,1-5H3/t14-,15-,17+/m1/s1. The molecule has 0 aliphatic carbocycles. The molecule has 0 aromatic heterocycles. The number of carbonyl (C=O) groups excluding carboxylic acids is 1. The van der Waals surface area contributed by atoms with E-state index in [0.29, 0.717) is 0 Å². The summed E-state index contributed by atoms with van der Waals surface area (Å²) in [4.78, 5) is 11.9. The lowest BCUT2D eigenvalue weighted by molar-refractivity contribution is -0.156. The van der Waals surface area contributed by atoms with Gasteiger partial charge in [0, 0.05) is 0 Å². The van der Waals surface area contributed by atoms with Gasteiger partial charge in [-0.2, -0.15) is 0 Å². The van der Waals surface area contributed by atoms with Gasteiger partial charge in [0.1, 0.15) is 11.9 Å². The Bertz CT molecular complexity index is 563. The molecule has 0 bridgehead atoms. The molecular formula is C17H26O6Si. The van der Waals surface area contributed by atoms with Gasteiger partial charge in [-0.25, -0.2) is 4.79 Å². The van der Waals surface area contributed by atoms with Crippen molar-refractivity contribution in [3.8, 4) is 5.75 Å². The number of cyclic esters (lactones) is 1. The second-order valence-corrected chi connectivity index (χ2v) is 11.6. The van der Waals surface area contributed by atoms with Crippen LogP contribution in [0.5, 0.6) is 5.75 Å². The fraction of sp³-hybridized carbons (Fsp3) is 0.588. The second kappa shape index (κ2) is 7.22. The minimum atomic E-state index is -1.76. The minimum absolute atomic E-state index is 0.227. The Morgan fingerprint density at radius 2 is 1.88 bits per heavy atom. The summed E-state index contributed by atoms with van der Waals surface area (Å²) in [5.41, 5.74) is -0.768. The number of rotatable bonds is 7. The van der Waals surface area contributed by atoms with Gasteiger partial charge in [-0.3, -0.25) is 0 Å². The monoisotopic (exact) mass is 354 g/mol. The summed E-state index contributed by atoms with van der Waals surface area (Å²) in [6.07, 6.45) is -1.39. The third-order valence-electron chi connectivity index (χ3n) is 3.83. The van der Waals surface area contributed by atoms with Crippen LogP contribution in [0.3, 0.4) is 0 Å².